The maximum absolute atomic E-state index is 13.6. The summed E-state index contributed by atoms with van der Waals surface area (Å²) >= 11 is 1.48. The van der Waals surface area contributed by atoms with E-state index in [1.165, 1.54) is 22.6 Å². The van der Waals surface area contributed by atoms with Crippen molar-refractivity contribution < 1.29 is 19.4 Å². The number of ether oxygens (including phenoxy) is 1. The number of imide groups is 1. The minimum Gasteiger partial charge on any atom is -0.493 e. The molecule has 7 nitrogen and oxygen atoms in total. The Hall–Kier alpha value is -3.00. The molecule has 30 heavy (non-hydrogen) atoms. The molecule has 0 bridgehead atoms. The van der Waals surface area contributed by atoms with Gasteiger partial charge in [0, 0.05) is 4.88 Å². The molecule has 2 aliphatic rings. The van der Waals surface area contributed by atoms with Crippen LogP contribution in [0, 0.1) is 5.41 Å². The quantitative estimate of drug-likeness (QED) is 0.670. The zero-order valence-corrected chi connectivity index (χ0v) is 17.5. The molecule has 3 atom stereocenters. The van der Waals surface area contributed by atoms with Gasteiger partial charge in [-0.05, 0) is 37.3 Å². The highest BCUT2D eigenvalue weighted by Crippen LogP contribution is 2.46. The molecule has 1 aliphatic heterocycles. The topological polar surface area (TPSA) is 92.6 Å². The third kappa shape index (κ3) is 2.78. The normalized spacial score (nSPS) is 25.9. The number of nitrogens with zero attached hydrogens (tertiary/aromatic N) is 3. The van der Waals surface area contributed by atoms with E-state index in [9.17, 15) is 14.7 Å². The van der Waals surface area contributed by atoms with E-state index in [0.29, 0.717) is 24.6 Å². The maximum atomic E-state index is 13.6. The van der Waals surface area contributed by atoms with Gasteiger partial charge in [-0.25, -0.2) is 19.7 Å². The molecule has 1 fully saturated rings. The number of aromatic hydroxyl groups is 1. The monoisotopic (exact) mass is 423 g/mol. The van der Waals surface area contributed by atoms with Crippen molar-refractivity contribution in [2.24, 2.45) is 5.41 Å². The van der Waals surface area contributed by atoms with Gasteiger partial charge in [0.25, 0.3) is 0 Å². The van der Waals surface area contributed by atoms with Crippen molar-refractivity contribution in [2.75, 3.05) is 0 Å². The fourth-order valence-corrected chi connectivity index (χ4v) is 5.93. The van der Waals surface area contributed by atoms with Crippen LogP contribution < -0.4 is 0 Å². The molecule has 2 amide bonds. The lowest BCUT2D eigenvalue weighted by molar-refractivity contribution is -0.139. The molecule has 154 valence electrons. The molecule has 1 aliphatic carbocycles. The molecular weight excluding hydrogens is 402 g/mol. The fraction of sp³-hybridized carbons (Fsp3) is 0.364. The first-order chi connectivity index (χ1) is 14.4. The third-order valence-corrected chi connectivity index (χ3v) is 7.40. The Balaban J connectivity index is 1.44. The van der Waals surface area contributed by atoms with Crippen molar-refractivity contribution in [1.82, 2.24) is 14.9 Å². The lowest BCUT2D eigenvalue weighted by Crippen LogP contribution is -2.48. The number of carbonyl (C=O) groups excluding carboxylic acids is 2. The molecule has 5 rings (SSSR count). The fourth-order valence-electron chi connectivity index (χ4n) is 4.57. The Morgan fingerprint density at radius 1 is 1.30 bits per heavy atom. The van der Waals surface area contributed by atoms with Crippen molar-refractivity contribution in [3.63, 3.8) is 0 Å². The van der Waals surface area contributed by atoms with Crippen LogP contribution in [-0.2, 0) is 22.4 Å². The molecule has 0 radical (unpaired) electrons. The van der Waals surface area contributed by atoms with Crippen molar-refractivity contribution in [2.45, 2.75) is 45.3 Å². The first-order valence-corrected chi connectivity index (χ1v) is 10.7. The number of cyclic esters (lactones) is 1. The minimum atomic E-state index is -0.726. The van der Waals surface area contributed by atoms with Gasteiger partial charge in [-0.3, -0.25) is 4.79 Å². The van der Waals surface area contributed by atoms with Gasteiger partial charge in [0.1, 0.15) is 17.3 Å². The van der Waals surface area contributed by atoms with Crippen LogP contribution in [0.4, 0.5) is 4.79 Å². The van der Waals surface area contributed by atoms with Gasteiger partial charge in [0.05, 0.1) is 16.8 Å². The van der Waals surface area contributed by atoms with Crippen molar-refractivity contribution in [1.29, 1.82) is 0 Å². The summed E-state index contributed by atoms with van der Waals surface area (Å²) < 4.78 is 5.58. The summed E-state index contributed by atoms with van der Waals surface area (Å²) in [7, 11) is 0. The Bertz CT molecular complexity index is 1160. The number of carbonyl (C=O) groups is 2. The summed E-state index contributed by atoms with van der Waals surface area (Å²) in [4.78, 5) is 37.4. The number of amides is 2. The number of aryl methyl sites for hydroxylation is 1. The van der Waals surface area contributed by atoms with Crippen LogP contribution in [0.5, 0.6) is 5.88 Å². The molecule has 0 spiro atoms. The molecule has 8 heteroatoms. The van der Waals surface area contributed by atoms with E-state index in [2.05, 4.69) is 9.97 Å². The van der Waals surface area contributed by atoms with E-state index < -0.39 is 17.6 Å². The maximum Gasteiger partial charge on any atom is 0.417 e. The summed E-state index contributed by atoms with van der Waals surface area (Å²) in [5.41, 5.74) is 1.16. The SMILES string of the molecule is C[C@H]1[C@@H](c2ccccc2)OC(=O)N1C(=O)C1(C)CCc2c(sc3ncnc(O)c23)C1. The van der Waals surface area contributed by atoms with Crippen LogP contribution >= 0.6 is 11.3 Å². The highest BCUT2D eigenvalue weighted by molar-refractivity contribution is 7.18. The summed E-state index contributed by atoms with van der Waals surface area (Å²) in [6.07, 6.45) is 1.97. The summed E-state index contributed by atoms with van der Waals surface area (Å²) in [6, 6.07) is 9.11. The molecule has 3 heterocycles. The number of thiophene rings is 1. The lowest BCUT2D eigenvalue weighted by atomic mass is 9.74. The largest absolute Gasteiger partial charge is 0.493 e. The molecule has 1 N–H and O–H groups in total. The zero-order valence-electron chi connectivity index (χ0n) is 16.7. The van der Waals surface area contributed by atoms with Crippen LogP contribution in [0.25, 0.3) is 10.2 Å². The van der Waals surface area contributed by atoms with E-state index in [-0.39, 0.29) is 17.8 Å². The van der Waals surface area contributed by atoms with Crippen molar-refractivity contribution in [3.05, 3.63) is 52.7 Å². The molecule has 1 aromatic carbocycles. The molecular formula is C22H21N3O4S. The van der Waals surface area contributed by atoms with Crippen molar-refractivity contribution >= 4 is 33.6 Å². The molecule has 1 saturated heterocycles. The molecule has 1 unspecified atom stereocenters. The first kappa shape index (κ1) is 19.0. The van der Waals surface area contributed by atoms with Crippen molar-refractivity contribution in [3.8, 4) is 5.88 Å². The lowest BCUT2D eigenvalue weighted by Gasteiger charge is -2.35. The summed E-state index contributed by atoms with van der Waals surface area (Å²) in [6.45, 7) is 3.76. The van der Waals surface area contributed by atoms with E-state index in [1.54, 1.807) is 0 Å². The zero-order chi connectivity index (χ0) is 21.0. The van der Waals surface area contributed by atoms with E-state index in [1.807, 2.05) is 44.2 Å². The Kier molecular flexibility index (Phi) is 4.28. The summed E-state index contributed by atoms with van der Waals surface area (Å²) in [5, 5.41) is 10.8. The van der Waals surface area contributed by atoms with Crippen LogP contribution in [0.2, 0.25) is 0 Å². The number of aromatic nitrogens is 2. The molecule has 2 aromatic heterocycles. The van der Waals surface area contributed by atoms with Gasteiger partial charge in [0.2, 0.25) is 11.8 Å². The number of rotatable bonds is 2. The highest BCUT2D eigenvalue weighted by Gasteiger charge is 2.50. The summed E-state index contributed by atoms with van der Waals surface area (Å²) in [5.74, 6) is -0.230. The van der Waals surface area contributed by atoms with E-state index >= 15 is 0 Å². The first-order valence-electron chi connectivity index (χ1n) is 9.92. The van der Waals surface area contributed by atoms with E-state index in [0.717, 1.165) is 20.8 Å². The average Bonchev–Trinajstić information content (AvgIpc) is 3.25. The minimum absolute atomic E-state index is 0.0186. The highest BCUT2D eigenvalue weighted by atomic mass is 32.1. The molecule has 3 aromatic rings. The number of hydrogen-bond donors (Lipinski definition) is 1. The smallest absolute Gasteiger partial charge is 0.417 e. The second-order valence-corrected chi connectivity index (χ2v) is 9.33. The Morgan fingerprint density at radius 2 is 2.07 bits per heavy atom. The average molecular weight is 423 g/mol. The van der Waals surface area contributed by atoms with Gasteiger partial charge in [-0.15, -0.1) is 11.3 Å². The predicted octanol–water partition coefficient (Wildman–Crippen LogP) is 4.00. The second kappa shape index (κ2) is 6.77. The molecule has 0 saturated carbocycles. The number of fused-ring (bicyclic) bond motifs is 3. The number of hydrogen-bond acceptors (Lipinski definition) is 7. The van der Waals surface area contributed by atoms with Gasteiger partial charge in [0.15, 0.2) is 0 Å². The third-order valence-electron chi connectivity index (χ3n) is 6.26. The van der Waals surface area contributed by atoms with Crippen LogP contribution in [0.3, 0.4) is 0 Å². The van der Waals surface area contributed by atoms with Crippen LogP contribution in [0.15, 0.2) is 36.7 Å². The standard InChI is InChI=1S/C22H21N3O4S/c1-12-17(13-6-4-3-5-7-13)29-21(28)25(12)20(27)22(2)9-8-14-15(10-22)30-19-16(14)18(26)23-11-24-19/h3-7,11-12,17H,8-10H2,1-2H3,(H,23,24,26)/t12-,17-,22?/m0/s1. The van der Waals surface area contributed by atoms with E-state index in [4.69, 9.17) is 4.74 Å². The predicted molar refractivity (Wildman–Crippen MR) is 111 cm³/mol. The van der Waals surface area contributed by atoms with Gasteiger partial charge in [-0.1, -0.05) is 37.3 Å². The van der Waals surface area contributed by atoms with Gasteiger partial charge >= 0.3 is 6.09 Å². The second-order valence-electron chi connectivity index (χ2n) is 8.25. The Morgan fingerprint density at radius 3 is 2.83 bits per heavy atom. The van der Waals surface area contributed by atoms with Crippen LogP contribution in [-0.4, -0.2) is 38.0 Å². The van der Waals surface area contributed by atoms with Crippen LogP contribution in [0.1, 0.15) is 42.4 Å². The number of benzene rings is 1. The Labute approximate surface area is 177 Å². The van der Waals surface area contributed by atoms with Gasteiger partial charge in [-0.2, -0.15) is 0 Å². The van der Waals surface area contributed by atoms with Gasteiger partial charge < -0.3 is 9.84 Å².